The third-order valence-corrected chi connectivity index (χ3v) is 4.95. The zero-order valence-corrected chi connectivity index (χ0v) is 12.5. The number of nitrogens with one attached hydrogen (secondary N) is 2. The van der Waals surface area contributed by atoms with E-state index < -0.39 is 0 Å². The molecule has 0 radical (unpaired) electrons. The number of nitrogens with two attached hydrogens (primary N) is 1. The average Bonchev–Trinajstić information content (AvgIpc) is 2.50. The number of hydrogen-bond acceptors (Lipinski definition) is 3. The molecule has 1 aromatic carbocycles. The van der Waals surface area contributed by atoms with Crippen LogP contribution >= 0.6 is 0 Å². The van der Waals surface area contributed by atoms with Crippen molar-refractivity contribution >= 4 is 16.6 Å². The zero-order chi connectivity index (χ0) is 14.9. The second-order valence-electron chi connectivity index (χ2n) is 6.23. The monoisotopic (exact) mass is 285 g/mol. The number of aromatic nitrogens is 1. The zero-order valence-electron chi connectivity index (χ0n) is 12.5. The van der Waals surface area contributed by atoms with Gasteiger partial charge in [-0.15, -0.1) is 0 Å². The number of H-pyrrole nitrogens is 1. The molecule has 2 unspecified atom stereocenters. The Morgan fingerprint density at radius 1 is 1.38 bits per heavy atom. The molecule has 0 saturated heterocycles. The Bertz CT molecular complexity index is 694. The van der Waals surface area contributed by atoms with Crippen LogP contribution in [0.15, 0.2) is 35.1 Å². The van der Waals surface area contributed by atoms with Crippen LogP contribution in [0, 0.1) is 5.92 Å². The first-order chi connectivity index (χ1) is 10.1. The van der Waals surface area contributed by atoms with E-state index >= 15 is 0 Å². The van der Waals surface area contributed by atoms with E-state index in [4.69, 9.17) is 5.73 Å². The van der Waals surface area contributed by atoms with Gasteiger partial charge in [-0.1, -0.05) is 38.0 Å². The average molecular weight is 285 g/mol. The molecule has 4 nitrogen and oxygen atoms in total. The lowest BCUT2D eigenvalue weighted by atomic mass is 9.73. The highest BCUT2D eigenvalue weighted by molar-refractivity contribution is 5.83. The van der Waals surface area contributed by atoms with Crippen LogP contribution < -0.4 is 16.6 Å². The Morgan fingerprint density at radius 3 is 2.95 bits per heavy atom. The van der Waals surface area contributed by atoms with E-state index in [9.17, 15) is 4.79 Å². The fraction of sp³-hybridized carbons (Fsp3) is 0.471. The summed E-state index contributed by atoms with van der Waals surface area (Å²) >= 11 is 0. The molecule has 1 aliphatic carbocycles. The number of aromatic amines is 1. The van der Waals surface area contributed by atoms with Gasteiger partial charge in [-0.3, -0.25) is 4.79 Å². The second-order valence-corrected chi connectivity index (χ2v) is 6.23. The number of rotatable bonds is 3. The number of pyridine rings is 1. The summed E-state index contributed by atoms with van der Waals surface area (Å²) in [6, 6.07) is 9.66. The van der Waals surface area contributed by atoms with E-state index in [1.165, 1.54) is 19.3 Å². The first-order valence-corrected chi connectivity index (χ1v) is 7.75. The summed E-state index contributed by atoms with van der Waals surface area (Å²) in [5, 5.41) is 5.23. The minimum atomic E-state index is -0.107. The molecule has 1 aliphatic rings. The third kappa shape index (κ3) is 2.56. The molecular weight excluding hydrogens is 262 g/mol. The van der Waals surface area contributed by atoms with E-state index in [0.717, 1.165) is 23.0 Å². The molecule has 21 heavy (non-hydrogen) atoms. The maximum atomic E-state index is 12.2. The van der Waals surface area contributed by atoms with Crippen LogP contribution in [-0.2, 0) is 0 Å². The van der Waals surface area contributed by atoms with Crippen LogP contribution in [0.4, 0.5) is 5.82 Å². The molecule has 1 aromatic heterocycles. The van der Waals surface area contributed by atoms with Crippen molar-refractivity contribution in [2.45, 2.75) is 38.1 Å². The smallest absolute Gasteiger partial charge is 0.257 e. The van der Waals surface area contributed by atoms with Gasteiger partial charge in [-0.05, 0) is 36.3 Å². The molecule has 112 valence electrons. The largest absolute Gasteiger partial charge is 0.365 e. The van der Waals surface area contributed by atoms with E-state index in [1.54, 1.807) is 0 Å². The molecule has 0 amide bonds. The molecule has 4 N–H and O–H groups in total. The van der Waals surface area contributed by atoms with Crippen LogP contribution in [0.5, 0.6) is 0 Å². The number of anilines is 1. The van der Waals surface area contributed by atoms with Gasteiger partial charge in [0.05, 0.1) is 5.54 Å². The number of hydrogen-bond donors (Lipinski definition) is 3. The summed E-state index contributed by atoms with van der Waals surface area (Å²) in [4.78, 5) is 15.1. The molecule has 4 heteroatoms. The molecule has 1 saturated carbocycles. The van der Waals surface area contributed by atoms with Crippen molar-refractivity contribution in [3.05, 3.63) is 40.7 Å². The summed E-state index contributed by atoms with van der Waals surface area (Å²) in [5.41, 5.74) is 5.92. The molecule has 1 heterocycles. The first-order valence-electron chi connectivity index (χ1n) is 7.75. The summed E-state index contributed by atoms with van der Waals surface area (Å²) in [5.74, 6) is 1.28. The van der Waals surface area contributed by atoms with Crippen molar-refractivity contribution in [2.24, 2.45) is 11.7 Å². The summed E-state index contributed by atoms with van der Waals surface area (Å²) in [6.45, 7) is 2.83. The van der Waals surface area contributed by atoms with Gasteiger partial charge in [0.15, 0.2) is 0 Å². The van der Waals surface area contributed by atoms with E-state index in [-0.39, 0.29) is 11.1 Å². The van der Waals surface area contributed by atoms with Gasteiger partial charge in [0.1, 0.15) is 5.82 Å². The van der Waals surface area contributed by atoms with Crippen LogP contribution in [0.1, 0.15) is 32.6 Å². The molecule has 2 aromatic rings. The van der Waals surface area contributed by atoms with E-state index in [2.05, 4.69) is 17.2 Å². The molecule has 0 aliphatic heterocycles. The quantitative estimate of drug-likeness (QED) is 0.812. The lowest BCUT2D eigenvalue weighted by Crippen LogP contribution is -2.52. The third-order valence-electron chi connectivity index (χ3n) is 4.95. The van der Waals surface area contributed by atoms with Crippen molar-refractivity contribution in [2.75, 3.05) is 11.9 Å². The molecular formula is C17H23N3O. The van der Waals surface area contributed by atoms with Crippen molar-refractivity contribution in [3.63, 3.8) is 0 Å². The number of fused-ring (bicyclic) bond motifs is 1. The summed E-state index contributed by atoms with van der Waals surface area (Å²) in [7, 11) is 0. The van der Waals surface area contributed by atoms with Gasteiger partial charge in [-0.2, -0.15) is 0 Å². The maximum Gasteiger partial charge on any atom is 0.257 e. The first kappa shape index (κ1) is 14.1. The van der Waals surface area contributed by atoms with Crippen LogP contribution in [0.2, 0.25) is 0 Å². The molecule has 3 rings (SSSR count). The highest BCUT2D eigenvalue weighted by atomic mass is 16.1. The van der Waals surface area contributed by atoms with Gasteiger partial charge in [0, 0.05) is 11.9 Å². The Morgan fingerprint density at radius 2 is 2.19 bits per heavy atom. The van der Waals surface area contributed by atoms with Crippen molar-refractivity contribution in [3.8, 4) is 0 Å². The Balaban J connectivity index is 1.98. The minimum absolute atomic E-state index is 0.0498. The summed E-state index contributed by atoms with van der Waals surface area (Å²) < 4.78 is 0. The Hall–Kier alpha value is -1.81. The fourth-order valence-corrected chi connectivity index (χ4v) is 3.50. The van der Waals surface area contributed by atoms with Gasteiger partial charge in [-0.25, -0.2) is 0 Å². The van der Waals surface area contributed by atoms with Crippen LogP contribution in [-0.4, -0.2) is 17.1 Å². The SMILES string of the molecule is CC1CCCCC1(CN)Nc1cc2ccccc2c(=O)[nH]1. The molecule has 0 spiro atoms. The lowest BCUT2D eigenvalue weighted by Gasteiger charge is -2.43. The lowest BCUT2D eigenvalue weighted by molar-refractivity contribution is 0.235. The van der Waals surface area contributed by atoms with E-state index in [0.29, 0.717) is 12.5 Å². The normalized spacial score (nSPS) is 25.9. The predicted octanol–water partition coefficient (Wildman–Crippen LogP) is 2.85. The predicted molar refractivity (Wildman–Crippen MR) is 87.6 cm³/mol. The molecule has 0 bridgehead atoms. The fourth-order valence-electron chi connectivity index (χ4n) is 3.50. The van der Waals surface area contributed by atoms with Crippen molar-refractivity contribution in [1.29, 1.82) is 0 Å². The minimum Gasteiger partial charge on any atom is -0.365 e. The highest BCUT2D eigenvalue weighted by Crippen LogP contribution is 2.35. The van der Waals surface area contributed by atoms with Gasteiger partial charge < -0.3 is 16.0 Å². The van der Waals surface area contributed by atoms with Crippen LogP contribution in [0.3, 0.4) is 0 Å². The van der Waals surface area contributed by atoms with Crippen LogP contribution in [0.25, 0.3) is 10.8 Å². The van der Waals surface area contributed by atoms with Gasteiger partial charge in [0.2, 0.25) is 0 Å². The highest BCUT2D eigenvalue weighted by Gasteiger charge is 2.37. The van der Waals surface area contributed by atoms with Gasteiger partial charge in [0.25, 0.3) is 5.56 Å². The topological polar surface area (TPSA) is 70.9 Å². The summed E-state index contributed by atoms with van der Waals surface area (Å²) in [6.07, 6.45) is 4.69. The Kier molecular flexibility index (Phi) is 3.72. The van der Waals surface area contributed by atoms with Gasteiger partial charge >= 0.3 is 0 Å². The van der Waals surface area contributed by atoms with Crippen molar-refractivity contribution in [1.82, 2.24) is 4.98 Å². The maximum absolute atomic E-state index is 12.2. The second kappa shape index (κ2) is 5.53. The Labute approximate surface area is 124 Å². The van der Waals surface area contributed by atoms with Crippen molar-refractivity contribution < 1.29 is 0 Å². The standard InChI is InChI=1S/C17H23N3O/c1-12-6-4-5-9-17(12,11-18)20-15-10-13-7-2-3-8-14(13)16(21)19-15/h2-3,7-8,10,12H,4-6,9,11,18H2,1H3,(H2,19,20,21). The number of benzene rings is 1. The van der Waals surface area contributed by atoms with E-state index in [1.807, 2.05) is 30.3 Å². The molecule has 1 fully saturated rings. The molecule has 2 atom stereocenters.